The summed E-state index contributed by atoms with van der Waals surface area (Å²) >= 11 is 0. The Hall–Kier alpha value is -3.28. The number of para-hydroxylation sites is 2. The zero-order valence-corrected chi connectivity index (χ0v) is 22.5. The fraction of sp³-hybridized carbons (Fsp3) is 0.448. The predicted octanol–water partition coefficient (Wildman–Crippen LogP) is 5.33. The summed E-state index contributed by atoms with van der Waals surface area (Å²) in [4.78, 5) is 16.5. The topological polar surface area (TPSA) is 46.5 Å². The first kappa shape index (κ1) is 24.8. The third kappa shape index (κ3) is 3.79. The van der Waals surface area contributed by atoms with E-state index < -0.39 is 0 Å². The molecule has 0 spiro atoms. The van der Waals surface area contributed by atoms with Crippen LogP contribution in [0, 0.1) is 12.3 Å². The summed E-state index contributed by atoms with van der Waals surface area (Å²) in [6, 6.07) is 17.2. The van der Waals surface area contributed by atoms with Gasteiger partial charge in [-0.3, -0.25) is 9.98 Å². The molecule has 2 aromatic rings. The summed E-state index contributed by atoms with van der Waals surface area (Å²) in [7, 11) is 8.08. The van der Waals surface area contributed by atoms with Crippen molar-refractivity contribution in [2.24, 2.45) is 15.4 Å². The van der Waals surface area contributed by atoms with E-state index in [2.05, 4.69) is 122 Å². The van der Waals surface area contributed by atoms with Crippen molar-refractivity contribution in [1.82, 2.24) is 9.80 Å². The standard InChI is InChI=1S/C29H40N6/c1-9-29(20-33(7)19-18-32-23-16-12-10-14-21(23)2)27-34(8)25(30-5)26(31-6)35(27)24-17-13-11-15-22(24)28(29,3)4/h10-19,27,32H,9,20H2,1-8H3/b19-18-,30-25?,31-26?. The van der Waals surface area contributed by atoms with Crippen LogP contribution in [0.1, 0.15) is 38.3 Å². The predicted molar refractivity (Wildman–Crippen MR) is 150 cm³/mol. The smallest absolute Gasteiger partial charge is 0.173 e. The molecule has 0 amide bonds. The van der Waals surface area contributed by atoms with Gasteiger partial charge in [-0.2, -0.15) is 0 Å². The molecule has 2 heterocycles. The minimum atomic E-state index is -0.0970. The Kier molecular flexibility index (Phi) is 6.67. The van der Waals surface area contributed by atoms with Crippen LogP contribution in [0.4, 0.5) is 11.4 Å². The van der Waals surface area contributed by atoms with Gasteiger partial charge in [0.2, 0.25) is 0 Å². The highest BCUT2D eigenvalue weighted by atomic mass is 15.5. The molecule has 1 fully saturated rings. The van der Waals surface area contributed by atoms with Gasteiger partial charge in [-0.05, 0) is 36.6 Å². The SMILES string of the molecule is CCC1(CN(C)/C=C\Nc2ccccc2C)C2N(C)C(=NC)C(=NC)N2c2ccccc2C1(C)C. The molecule has 1 saturated heterocycles. The van der Waals surface area contributed by atoms with Crippen molar-refractivity contribution in [3.63, 3.8) is 0 Å². The van der Waals surface area contributed by atoms with E-state index in [1.807, 2.05) is 20.3 Å². The number of hydrogen-bond donors (Lipinski definition) is 1. The van der Waals surface area contributed by atoms with Crippen molar-refractivity contribution < 1.29 is 0 Å². The van der Waals surface area contributed by atoms with Crippen molar-refractivity contribution in [3.05, 3.63) is 72.1 Å². The Labute approximate surface area is 211 Å². The number of rotatable bonds is 6. The molecule has 1 N–H and O–H groups in total. The van der Waals surface area contributed by atoms with E-state index in [-0.39, 0.29) is 17.0 Å². The van der Waals surface area contributed by atoms with E-state index >= 15 is 0 Å². The molecule has 2 unspecified atom stereocenters. The van der Waals surface area contributed by atoms with Crippen molar-refractivity contribution in [1.29, 1.82) is 0 Å². The lowest BCUT2D eigenvalue weighted by Gasteiger charge is -2.59. The Balaban J connectivity index is 1.76. The Morgan fingerprint density at radius 2 is 1.69 bits per heavy atom. The van der Waals surface area contributed by atoms with Crippen molar-refractivity contribution in [2.45, 2.75) is 45.7 Å². The lowest BCUT2D eigenvalue weighted by atomic mass is 9.56. The fourth-order valence-corrected chi connectivity index (χ4v) is 6.31. The normalized spacial score (nSPS) is 25.3. The van der Waals surface area contributed by atoms with Gasteiger partial charge in [-0.15, -0.1) is 0 Å². The third-order valence-corrected chi connectivity index (χ3v) is 8.25. The van der Waals surface area contributed by atoms with Crippen LogP contribution >= 0.6 is 0 Å². The zero-order valence-electron chi connectivity index (χ0n) is 22.5. The second-order valence-corrected chi connectivity index (χ2v) is 10.3. The number of nitrogens with one attached hydrogen (secondary N) is 1. The highest BCUT2D eigenvalue weighted by Gasteiger charge is 2.62. The number of hydrogen-bond acceptors (Lipinski definition) is 4. The first-order valence-electron chi connectivity index (χ1n) is 12.5. The van der Waals surface area contributed by atoms with Crippen molar-refractivity contribution in [2.75, 3.05) is 45.0 Å². The quantitative estimate of drug-likeness (QED) is 0.617. The number of benzene rings is 2. The molecule has 0 aliphatic carbocycles. The Bertz CT molecular complexity index is 1160. The molecule has 2 aliphatic rings. The summed E-state index contributed by atoms with van der Waals surface area (Å²) in [5.74, 6) is 1.89. The lowest BCUT2D eigenvalue weighted by molar-refractivity contribution is 0.0213. The van der Waals surface area contributed by atoms with E-state index in [0.29, 0.717) is 0 Å². The van der Waals surface area contributed by atoms with Gasteiger partial charge in [0.1, 0.15) is 6.17 Å². The van der Waals surface area contributed by atoms with Crippen LogP contribution < -0.4 is 10.2 Å². The van der Waals surface area contributed by atoms with Gasteiger partial charge in [0.15, 0.2) is 11.7 Å². The summed E-state index contributed by atoms with van der Waals surface area (Å²) in [6.45, 7) is 10.2. The Morgan fingerprint density at radius 3 is 2.34 bits per heavy atom. The van der Waals surface area contributed by atoms with Crippen LogP contribution in [0.3, 0.4) is 0 Å². The first-order valence-corrected chi connectivity index (χ1v) is 12.5. The van der Waals surface area contributed by atoms with Crippen molar-refractivity contribution in [3.8, 4) is 0 Å². The van der Waals surface area contributed by atoms with Crippen LogP contribution in [-0.4, -0.2) is 62.4 Å². The average Bonchev–Trinajstić information content (AvgIpc) is 3.14. The molecule has 0 bridgehead atoms. The largest absolute Gasteiger partial charge is 0.379 e. The van der Waals surface area contributed by atoms with Gasteiger partial charge in [0, 0.05) is 69.3 Å². The van der Waals surface area contributed by atoms with Gasteiger partial charge >= 0.3 is 0 Å². The van der Waals surface area contributed by atoms with Crippen LogP contribution in [0.2, 0.25) is 0 Å². The van der Waals surface area contributed by atoms with Crippen LogP contribution in [0.25, 0.3) is 0 Å². The van der Waals surface area contributed by atoms with Crippen molar-refractivity contribution >= 4 is 23.0 Å². The van der Waals surface area contributed by atoms with Gasteiger partial charge in [0.05, 0.1) is 0 Å². The molecular weight excluding hydrogens is 432 g/mol. The molecular formula is C29H40N6. The number of nitrogens with zero attached hydrogens (tertiary/aromatic N) is 5. The maximum absolute atomic E-state index is 4.72. The Morgan fingerprint density at radius 1 is 1.03 bits per heavy atom. The fourth-order valence-electron chi connectivity index (χ4n) is 6.31. The molecule has 6 heteroatoms. The molecule has 2 atom stereocenters. The molecule has 0 saturated carbocycles. The average molecular weight is 473 g/mol. The number of likely N-dealkylation sites (N-methyl/N-ethyl adjacent to an activating group) is 1. The molecule has 2 aromatic carbocycles. The summed E-state index contributed by atoms with van der Waals surface area (Å²) in [5.41, 5.74) is 4.78. The van der Waals surface area contributed by atoms with Crippen LogP contribution in [-0.2, 0) is 5.41 Å². The minimum Gasteiger partial charge on any atom is -0.379 e. The lowest BCUT2D eigenvalue weighted by Crippen LogP contribution is -2.65. The molecule has 6 nitrogen and oxygen atoms in total. The van der Waals surface area contributed by atoms with Gasteiger partial charge in [-0.25, -0.2) is 0 Å². The van der Waals surface area contributed by atoms with E-state index in [1.165, 1.54) is 16.8 Å². The second-order valence-electron chi connectivity index (χ2n) is 10.3. The highest BCUT2D eigenvalue weighted by Crippen LogP contribution is 2.57. The zero-order chi connectivity index (χ0) is 25.4. The molecule has 35 heavy (non-hydrogen) atoms. The van der Waals surface area contributed by atoms with Crippen LogP contribution in [0.15, 0.2) is 70.9 Å². The maximum Gasteiger partial charge on any atom is 0.173 e. The first-order chi connectivity index (χ1) is 16.7. The second kappa shape index (κ2) is 9.40. The van der Waals surface area contributed by atoms with E-state index in [9.17, 15) is 0 Å². The van der Waals surface area contributed by atoms with Gasteiger partial charge in [0.25, 0.3) is 0 Å². The van der Waals surface area contributed by atoms with E-state index in [0.717, 1.165) is 30.3 Å². The molecule has 0 radical (unpaired) electrons. The monoisotopic (exact) mass is 472 g/mol. The summed E-state index contributed by atoms with van der Waals surface area (Å²) < 4.78 is 0. The number of anilines is 2. The number of aliphatic imine (C=N–C) groups is 2. The molecule has 4 rings (SSSR count). The van der Waals surface area contributed by atoms with E-state index in [1.54, 1.807) is 0 Å². The summed E-state index contributed by atoms with van der Waals surface area (Å²) in [6.07, 6.45) is 5.32. The third-order valence-electron chi connectivity index (χ3n) is 8.25. The highest BCUT2D eigenvalue weighted by molar-refractivity contribution is 6.47. The molecule has 0 aromatic heterocycles. The van der Waals surface area contributed by atoms with Gasteiger partial charge in [-0.1, -0.05) is 57.2 Å². The summed E-state index contributed by atoms with van der Waals surface area (Å²) in [5, 5.41) is 3.45. The van der Waals surface area contributed by atoms with Crippen LogP contribution in [0.5, 0.6) is 0 Å². The van der Waals surface area contributed by atoms with E-state index in [4.69, 9.17) is 4.99 Å². The molecule has 186 valence electrons. The number of amidine groups is 2. The molecule has 2 aliphatic heterocycles. The number of aryl methyl sites for hydroxylation is 1. The number of fused-ring (bicyclic) bond motifs is 3. The van der Waals surface area contributed by atoms with Gasteiger partial charge < -0.3 is 20.0 Å². The maximum atomic E-state index is 4.72. The minimum absolute atomic E-state index is 0.0820.